The average molecular weight is 229 g/mol. The number of nitriles is 1. The number of nitrogens with zero attached hydrogens (tertiary/aromatic N) is 2. The quantitative estimate of drug-likeness (QED) is 0.796. The van der Waals surface area contributed by atoms with E-state index < -0.39 is 0 Å². The summed E-state index contributed by atoms with van der Waals surface area (Å²) >= 11 is 0. The number of hydrogen-bond acceptors (Lipinski definition) is 3. The number of hydrogen-bond donors (Lipinski definition) is 1. The first kappa shape index (κ1) is 11.5. The first-order valence-corrected chi connectivity index (χ1v) is 5.81. The highest BCUT2D eigenvalue weighted by atomic mass is 16.1. The Hall–Kier alpha value is -2.02. The minimum atomic E-state index is -0.0737. The number of carbonyl (C=O) groups is 1. The van der Waals surface area contributed by atoms with E-state index in [0.717, 1.165) is 19.4 Å². The normalized spacial score (nSPS) is 18.8. The molecule has 4 nitrogen and oxygen atoms in total. The molecule has 0 radical (unpaired) electrons. The third-order valence-electron chi connectivity index (χ3n) is 3.04. The maximum atomic E-state index is 11.8. The Bertz CT molecular complexity index is 424. The number of amides is 1. The van der Waals surface area contributed by atoms with Crippen LogP contribution in [0.25, 0.3) is 0 Å². The first-order chi connectivity index (χ1) is 8.31. The highest BCUT2D eigenvalue weighted by Gasteiger charge is 2.23. The van der Waals surface area contributed by atoms with Crippen molar-refractivity contribution in [3.63, 3.8) is 0 Å². The van der Waals surface area contributed by atoms with Crippen LogP contribution in [0.3, 0.4) is 0 Å². The topological polar surface area (TPSA) is 56.1 Å². The lowest BCUT2D eigenvalue weighted by molar-refractivity contribution is 0.0945. The molecule has 1 aromatic carbocycles. The van der Waals surface area contributed by atoms with Crippen LogP contribution in [0.1, 0.15) is 23.2 Å². The molecule has 0 spiro atoms. The van der Waals surface area contributed by atoms with Crippen molar-refractivity contribution in [2.45, 2.75) is 18.9 Å². The smallest absolute Gasteiger partial charge is 0.251 e. The minimum Gasteiger partial charge on any atom is -0.350 e. The maximum absolute atomic E-state index is 11.8. The van der Waals surface area contributed by atoms with Crippen molar-refractivity contribution in [2.75, 3.05) is 13.1 Å². The Labute approximate surface area is 101 Å². The van der Waals surface area contributed by atoms with Gasteiger partial charge in [-0.1, -0.05) is 18.2 Å². The van der Waals surface area contributed by atoms with Crippen molar-refractivity contribution >= 4 is 5.91 Å². The Balaban J connectivity index is 1.87. The second-order valence-corrected chi connectivity index (χ2v) is 4.17. The van der Waals surface area contributed by atoms with Gasteiger partial charge in [-0.2, -0.15) is 5.26 Å². The molecule has 88 valence electrons. The van der Waals surface area contributed by atoms with Gasteiger partial charge in [0.25, 0.3) is 5.91 Å². The van der Waals surface area contributed by atoms with Gasteiger partial charge in [-0.25, -0.2) is 0 Å². The van der Waals surface area contributed by atoms with E-state index >= 15 is 0 Å². The molecule has 0 aliphatic carbocycles. The van der Waals surface area contributed by atoms with Crippen molar-refractivity contribution < 1.29 is 4.79 Å². The fourth-order valence-corrected chi connectivity index (χ4v) is 2.08. The minimum absolute atomic E-state index is 0.0737. The van der Waals surface area contributed by atoms with E-state index in [1.807, 2.05) is 18.2 Å². The molecule has 1 aliphatic heterocycles. The van der Waals surface area contributed by atoms with Gasteiger partial charge < -0.3 is 10.2 Å². The number of rotatable bonds is 3. The molecule has 4 heteroatoms. The molecule has 0 unspecified atom stereocenters. The Kier molecular flexibility index (Phi) is 3.61. The highest BCUT2D eigenvalue weighted by Crippen LogP contribution is 2.14. The molecule has 1 amide bonds. The molecule has 2 rings (SSSR count). The van der Waals surface area contributed by atoms with Crippen molar-refractivity contribution in [1.29, 1.82) is 5.26 Å². The summed E-state index contributed by atoms with van der Waals surface area (Å²) in [4.78, 5) is 13.5. The van der Waals surface area contributed by atoms with E-state index in [4.69, 9.17) is 5.26 Å². The van der Waals surface area contributed by atoms with Crippen LogP contribution in [0, 0.1) is 11.5 Å². The summed E-state index contributed by atoms with van der Waals surface area (Å²) in [6.07, 6.45) is 4.16. The van der Waals surface area contributed by atoms with Crippen molar-refractivity contribution in [1.82, 2.24) is 10.2 Å². The van der Waals surface area contributed by atoms with Crippen LogP contribution in [0.2, 0.25) is 0 Å². The molecule has 1 heterocycles. The van der Waals surface area contributed by atoms with Crippen LogP contribution in [0.5, 0.6) is 0 Å². The van der Waals surface area contributed by atoms with Gasteiger partial charge in [-0.15, -0.1) is 0 Å². The molecular formula is C13H15N3O. The Morgan fingerprint density at radius 2 is 2.24 bits per heavy atom. The summed E-state index contributed by atoms with van der Waals surface area (Å²) in [5, 5.41) is 11.8. The van der Waals surface area contributed by atoms with E-state index in [1.165, 1.54) is 0 Å². The van der Waals surface area contributed by atoms with Gasteiger partial charge in [-0.05, 0) is 25.0 Å². The number of nitrogens with one attached hydrogen (secondary N) is 1. The van der Waals surface area contributed by atoms with Crippen LogP contribution in [-0.4, -0.2) is 29.9 Å². The van der Waals surface area contributed by atoms with Crippen LogP contribution >= 0.6 is 0 Å². The highest BCUT2D eigenvalue weighted by molar-refractivity contribution is 5.94. The van der Waals surface area contributed by atoms with Crippen LogP contribution in [0.15, 0.2) is 30.3 Å². The zero-order valence-electron chi connectivity index (χ0n) is 9.60. The van der Waals surface area contributed by atoms with E-state index in [1.54, 1.807) is 17.0 Å². The molecule has 1 fully saturated rings. The molecule has 17 heavy (non-hydrogen) atoms. The first-order valence-electron chi connectivity index (χ1n) is 5.81. The predicted molar refractivity (Wildman–Crippen MR) is 64.1 cm³/mol. The fraction of sp³-hybridized carbons (Fsp3) is 0.385. The van der Waals surface area contributed by atoms with Gasteiger partial charge in [0, 0.05) is 18.7 Å². The van der Waals surface area contributed by atoms with Crippen molar-refractivity contribution in [3.05, 3.63) is 35.9 Å². The van der Waals surface area contributed by atoms with E-state index in [9.17, 15) is 4.79 Å². The van der Waals surface area contributed by atoms with Crippen molar-refractivity contribution in [2.24, 2.45) is 0 Å². The molecule has 0 aromatic heterocycles. The summed E-state index contributed by atoms with van der Waals surface area (Å²) in [7, 11) is 0. The van der Waals surface area contributed by atoms with Crippen LogP contribution < -0.4 is 5.32 Å². The zero-order chi connectivity index (χ0) is 12.1. The lowest BCUT2D eigenvalue weighted by atomic mass is 10.2. The molecule has 1 aliphatic rings. The fourth-order valence-electron chi connectivity index (χ4n) is 2.08. The molecule has 0 saturated carbocycles. The van der Waals surface area contributed by atoms with Gasteiger partial charge in [0.15, 0.2) is 6.19 Å². The van der Waals surface area contributed by atoms with Gasteiger partial charge in [0.05, 0.1) is 6.04 Å². The second-order valence-electron chi connectivity index (χ2n) is 4.17. The Morgan fingerprint density at radius 3 is 2.94 bits per heavy atom. The third kappa shape index (κ3) is 2.76. The van der Waals surface area contributed by atoms with Gasteiger partial charge in [-0.3, -0.25) is 4.79 Å². The summed E-state index contributed by atoms with van der Waals surface area (Å²) in [5.74, 6) is -0.0737. The maximum Gasteiger partial charge on any atom is 0.251 e. The van der Waals surface area contributed by atoms with Gasteiger partial charge >= 0.3 is 0 Å². The SMILES string of the molecule is N#CN1CCC[C@@H]1CNC(=O)c1ccccc1. The monoisotopic (exact) mass is 229 g/mol. The van der Waals surface area contributed by atoms with E-state index in [2.05, 4.69) is 11.5 Å². The summed E-state index contributed by atoms with van der Waals surface area (Å²) in [6, 6.07) is 9.29. The lowest BCUT2D eigenvalue weighted by Crippen LogP contribution is -2.37. The van der Waals surface area contributed by atoms with E-state index in [-0.39, 0.29) is 11.9 Å². The standard InChI is InChI=1S/C13H15N3O/c14-10-16-8-4-7-12(16)9-15-13(17)11-5-2-1-3-6-11/h1-3,5-6,12H,4,7-9H2,(H,15,17)/t12-/m1/s1. The average Bonchev–Trinajstić information content (AvgIpc) is 2.84. The molecule has 0 bridgehead atoms. The molecule has 1 N–H and O–H groups in total. The Morgan fingerprint density at radius 1 is 1.47 bits per heavy atom. The number of benzene rings is 1. The van der Waals surface area contributed by atoms with Gasteiger partial charge in [0.2, 0.25) is 0 Å². The molecule has 1 saturated heterocycles. The largest absolute Gasteiger partial charge is 0.350 e. The van der Waals surface area contributed by atoms with E-state index in [0.29, 0.717) is 12.1 Å². The lowest BCUT2D eigenvalue weighted by Gasteiger charge is -2.18. The number of likely N-dealkylation sites (tertiary alicyclic amines) is 1. The summed E-state index contributed by atoms with van der Waals surface area (Å²) in [6.45, 7) is 1.35. The third-order valence-corrected chi connectivity index (χ3v) is 3.04. The molecule has 1 aromatic rings. The second kappa shape index (κ2) is 5.35. The van der Waals surface area contributed by atoms with Crippen molar-refractivity contribution in [3.8, 4) is 6.19 Å². The van der Waals surface area contributed by atoms with Crippen LogP contribution in [-0.2, 0) is 0 Å². The predicted octanol–water partition coefficient (Wildman–Crippen LogP) is 1.36. The van der Waals surface area contributed by atoms with Gasteiger partial charge in [0.1, 0.15) is 0 Å². The zero-order valence-corrected chi connectivity index (χ0v) is 9.60. The van der Waals surface area contributed by atoms with Crippen LogP contribution in [0.4, 0.5) is 0 Å². The molecule has 1 atom stereocenters. The summed E-state index contributed by atoms with van der Waals surface area (Å²) < 4.78 is 0. The summed E-state index contributed by atoms with van der Waals surface area (Å²) in [5.41, 5.74) is 0.661. The number of carbonyl (C=O) groups excluding carboxylic acids is 1. The molecular weight excluding hydrogens is 214 g/mol.